The average molecular weight is 467 g/mol. The Balaban J connectivity index is 1.31. The molecule has 2 aromatic heterocycles. The first-order valence-electron chi connectivity index (χ1n) is 11.6. The van der Waals surface area contributed by atoms with Crippen LogP contribution in [0.25, 0.3) is 10.9 Å². The van der Waals surface area contributed by atoms with Crippen LogP contribution in [0, 0.1) is 0 Å². The second-order valence-electron chi connectivity index (χ2n) is 8.74. The minimum absolute atomic E-state index is 0.0873. The highest BCUT2D eigenvalue weighted by molar-refractivity contribution is 5.99. The Labute approximate surface area is 198 Å². The van der Waals surface area contributed by atoms with E-state index in [-0.39, 0.29) is 12.1 Å². The Hall–Kier alpha value is -3.21. The van der Waals surface area contributed by atoms with E-state index in [0.717, 1.165) is 41.8 Å². The molecule has 1 unspecified atom stereocenters. The second kappa shape index (κ2) is 9.96. The van der Waals surface area contributed by atoms with Crippen LogP contribution >= 0.6 is 0 Å². The summed E-state index contributed by atoms with van der Waals surface area (Å²) in [5.74, 6) is 0.703. The van der Waals surface area contributed by atoms with Crippen LogP contribution in [0.5, 0.6) is 6.01 Å². The van der Waals surface area contributed by atoms with Gasteiger partial charge in [0.1, 0.15) is 12.4 Å². The number of nitrogens with zero attached hydrogens (tertiary/aromatic N) is 4. The number of aromatic nitrogens is 3. The largest absolute Gasteiger partial charge is 0.461 e. The van der Waals surface area contributed by atoms with Gasteiger partial charge in [0, 0.05) is 48.2 Å². The van der Waals surface area contributed by atoms with Crippen molar-refractivity contribution in [2.24, 2.45) is 5.10 Å². The van der Waals surface area contributed by atoms with Crippen LogP contribution in [0.2, 0.25) is 0 Å². The monoisotopic (exact) mass is 466 g/mol. The van der Waals surface area contributed by atoms with Gasteiger partial charge in [-0.2, -0.15) is 15.1 Å². The quantitative estimate of drug-likeness (QED) is 0.404. The number of aromatic amines is 1. The molecule has 0 amide bonds. The lowest BCUT2D eigenvalue weighted by Crippen LogP contribution is -2.42. The molecule has 0 spiro atoms. The Bertz CT molecular complexity index is 1140. The summed E-state index contributed by atoms with van der Waals surface area (Å²) in [5, 5.41) is 5.51. The van der Waals surface area contributed by atoms with E-state index >= 15 is 0 Å². The van der Waals surface area contributed by atoms with E-state index < -0.39 is 5.79 Å². The van der Waals surface area contributed by atoms with Crippen molar-refractivity contribution in [2.45, 2.75) is 32.2 Å². The van der Waals surface area contributed by atoms with Crippen LogP contribution in [0.4, 0.5) is 11.6 Å². The zero-order valence-electron chi connectivity index (χ0n) is 19.5. The van der Waals surface area contributed by atoms with E-state index in [2.05, 4.69) is 36.4 Å². The summed E-state index contributed by atoms with van der Waals surface area (Å²) in [7, 11) is 0. The molecular formula is C24H30N6O4. The van der Waals surface area contributed by atoms with Gasteiger partial charge in [-0.1, -0.05) is 18.2 Å². The summed E-state index contributed by atoms with van der Waals surface area (Å²) < 4.78 is 23.0. The van der Waals surface area contributed by atoms with Gasteiger partial charge in [-0.3, -0.25) is 5.43 Å². The molecule has 0 bridgehead atoms. The second-order valence-corrected chi connectivity index (χ2v) is 8.74. The highest BCUT2D eigenvalue weighted by atomic mass is 16.7. The fourth-order valence-electron chi connectivity index (χ4n) is 4.07. The Morgan fingerprint density at radius 1 is 1.24 bits per heavy atom. The number of fused-ring (bicyclic) bond motifs is 1. The molecule has 3 aromatic rings. The van der Waals surface area contributed by atoms with Gasteiger partial charge in [0.15, 0.2) is 11.6 Å². The molecule has 0 aliphatic carbocycles. The van der Waals surface area contributed by atoms with E-state index in [1.165, 1.54) is 0 Å². The molecule has 5 rings (SSSR count). The number of rotatable bonds is 7. The number of morpholine rings is 1. The minimum Gasteiger partial charge on any atom is -0.461 e. The van der Waals surface area contributed by atoms with Gasteiger partial charge in [0.2, 0.25) is 0 Å². The molecule has 10 nitrogen and oxygen atoms in total. The topological polar surface area (TPSA) is 106 Å². The predicted molar refractivity (Wildman–Crippen MR) is 130 cm³/mol. The summed E-state index contributed by atoms with van der Waals surface area (Å²) >= 11 is 0. The molecule has 2 aliphatic heterocycles. The van der Waals surface area contributed by atoms with Crippen molar-refractivity contribution in [1.82, 2.24) is 15.0 Å². The van der Waals surface area contributed by atoms with Gasteiger partial charge >= 0.3 is 6.01 Å². The predicted octanol–water partition coefficient (Wildman–Crippen LogP) is 3.16. The lowest BCUT2D eigenvalue weighted by Gasteiger charge is -2.35. The van der Waals surface area contributed by atoms with Crippen molar-refractivity contribution in [2.75, 3.05) is 49.8 Å². The van der Waals surface area contributed by atoms with Gasteiger partial charge < -0.3 is 28.8 Å². The summed E-state index contributed by atoms with van der Waals surface area (Å²) in [4.78, 5) is 14.6. The molecule has 0 saturated carbocycles. The van der Waals surface area contributed by atoms with Gasteiger partial charge in [0.05, 0.1) is 32.1 Å². The number of hydrogen-bond acceptors (Lipinski definition) is 9. The molecule has 2 N–H and O–H groups in total. The third-order valence-electron chi connectivity index (χ3n) is 5.77. The maximum atomic E-state index is 5.96. The number of ether oxygens (including phenoxy) is 4. The molecule has 4 heterocycles. The normalized spacial score (nSPS) is 20.6. The van der Waals surface area contributed by atoms with Crippen molar-refractivity contribution >= 4 is 28.8 Å². The first-order chi connectivity index (χ1) is 16.6. The van der Waals surface area contributed by atoms with Crippen molar-refractivity contribution < 1.29 is 18.9 Å². The van der Waals surface area contributed by atoms with Crippen LogP contribution in [0.1, 0.15) is 25.8 Å². The number of nitrogens with one attached hydrogen (secondary N) is 2. The highest BCUT2D eigenvalue weighted by Crippen LogP contribution is 2.24. The molecule has 2 saturated heterocycles. The number of H-pyrrole nitrogens is 1. The molecule has 2 fully saturated rings. The summed E-state index contributed by atoms with van der Waals surface area (Å²) in [6.45, 7) is 7.62. The lowest BCUT2D eigenvalue weighted by molar-refractivity contribution is -0.276. The van der Waals surface area contributed by atoms with Crippen LogP contribution in [0.3, 0.4) is 0 Å². The first-order valence-corrected chi connectivity index (χ1v) is 11.6. The smallest absolute Gasteiger partial charge is 0.320 e. The molecule has 1 aromatic carbocycles. The minimum atomic E-state index is -0.618. The van der Waals surface area contributed by atoms with Gasteiger partial charge in [-0.15, -0.1) is 0 Å². The Morgan fingerprint density at radius 2 is 2.09 bits per heavy atom. The van der Waals surface area contributed by atoms with Crippen LogP contribution in [0.15, 0.2) is 41.6 Å². The number of hydrogen-bond donors (Lipinski definition) is 2. The van der Waals surface area contributed by atoms with Crippen LogP contribution in [-0.4, -0.2) is 72.6 Å². The molecule has 180 valence electrons. The van der Waals surface area contributed by atoms with Crippen LogP contribution < -0.4 is 15.1 Å². The van der Waals surface area contributed by atoms with E-state index in [9.17, 15) is 0 Å². The number of anilines is 2. The third kappa shape index (κ3) is 5.46. The highest BCUT2D eigenvalue weighted by Gasteiger charge is 2.30. The number of benzene rings is 1. The molecule has 10 heteroatoms. The van der Waals surface area contributed by atoms with Crippen LogP contribution in [-0.2, 0) is 14.2 Å². The number of hydrazone groups is 1. The van der Waals surface area contributed by atoms with Gasteiger partial charge in [-0.05, 0) is 19.9 Å². The summed E-state index contributed by atoms with van der Waals surface area (Å²) in [6, 6.07) is 10.2. The van der Waals surface area contributed by atoms with Gasteiger partial charge in [-0.25, -0.2) is 0 Å². The third-order valence-corrected chi connectivity index (χ3v) is 5.77. The molecule has 34 heavy (non-hydrogen) atoms. The van der Waals surface area contributed by atoms with Gasteiger partial charge in [0.25, 0.3) is 0 Å². The average Bonchev–Trinajstić information content (AvgIpc) is 3.26. The Morgan fingerprint density at radius 3 is 2.94 bits per heavy atom. The SMILES string of the molecule is CC1(C)OCCC(COc2nc(NN=Cc3c[nH]c4ccccc34)cc(N3CCOCC3)n2)O1. The van der Waals surface area contributed by atoms with E-state index in [1.54, 1.807) is 6.21 Å². The van der Waals surface area contributed by atoms with Crippen molar-refractivity contribution in [3.8, 4) is 6.01 Å². The van der Waals surface area contributed by atoms with E-state index in [4.69, 9.17) is 18.9 Å². The fourth-order valence-corrected chi connectivity index (χ4v) is 4.07. The molecule has 2 aliphatic rings. The summed E-state index contributed by atoms with van der Waals surface area (Å²) in [6.07, 6.45) is 4.37. The fraction of sp³-hybridized carbons (Fsp3) is 0.458. The maximum Gasteiger partial charge on any atom is 0.320 e. The van der Waals surface area contributed by atoms with E-state index in [1.807, 2.05) is 44.3 Å². The van der Waals surface area contributed by atoms with E-state index in [0.29, 0.717) is 32.2 Å². The maximum absolute atomic E-state index is 5.96. The first kappa shape index (κ1) is 22.6. The zero-order chi connectivity index (χ0) is 23.4. The molecule has 1 atom stereocenters. The zero-order valence-corrected chi connectivity index (χ0v) is 19.5. The standard InChI is InChI=1S/C24H30N6O4/c1-24(2)33-10-7-18(34-24)16-32-23-27-21(13-22(28-23)30-8-11-31-12-9-30)29-26-15-17-14-25-20-6-4-3-5-19(17)20/h3-6,13-15,18,25H,7-12,16H2,1-2H3,(H,27,28,29). The lowest BCUT2D eigenvalue weighted by atomic mass is 10.2. The van der Waals surface area contributed by atoms with Crippen molar-refractivity contribution in [1.29, 1.82) is 0 Å². The summed E-state index contributed by atoms with van der Waals surface area (Å²) in [5.41, 5.74) is 5.09. The molecular weight excluding hydrogens is 436 g/mol. The Kier molecular flexibility index (Phi) is 6.61. The molecule has 0 radical (unpaired) electrons. The van der Waals surface area contributed by atoms with Crippen molar-refractivity contribution in [3.63, 3.8) is 0 Å². The van der Waals surface area contributed by atoms with Crippen molar-refractivity contribution in [3.05, 3.63) is 42.1 Å². The number of para-hydroxylation sites is 1.